The van der Waals surface area contributed by atoms with Gasteiger partial charge in [-0.25, -0.2) is 4.79 Å². The minimum atomic E-state index is -0.738. The molecule has 6 nitrogen and oxygen atoms in total. The maximum atomic E-state index is 13.2. The highest BCUT2D eigenvalue weighted by Gasteiger charge is 2.73. The lowest BCUT2D eigenvalue weighted by Gasteiger charge is -2.56. The largest absolute Gasteiger partial charge is 0.456 e. The monoisotopic (exact) mass is 480 g/mol. The predicted octanol–water partition coefficient (Wildman–Crippen LogP) is 4.48. The van der Waals surface area contributed by atoms with Gasteiger partial charge in [0.05, 0.1) is 5.41 Å². The third-order valence-electron chi connectivity index (χ3n) is 11.1. The molecule has 2 saturated carbocycles. The third kappa shape index (κ3) is 2.76. The van der Waals surface area contributed by atoms with Crippen molar-refractivity contribution in [2.45, 2.75) is 84.2 Å². The Morgan fingerprint density at radius 3 is 2.51 bits per heavy atom. The fourth-order valence-corrected chi connectivity index (χ4v) is 9.26. The van der Waals surface area contributed by atoms with Crippen LogP contribution in [-0.2, 0) is 28.6 Å². The SMILES string of the molecule is CO[C@@H]1O[C@@](C)(C2CC(C)=C(C)C(=O)O2)[C@H]2CC[C@H]3[C@@H]4CC=C5C(=O)C=CC(=O)[C@]5(C)[C@H]4CC[C@@]132. The van der Waals surface area contributed by atoms with E-state index >= 15 is 0 Å². The summed E-state index contributed by atoms with van der Waals surface area (Å²) < 4.78 is 18.8. The molecular formula is C29H36O6. The quantitative estimate of drug-likeness (QED) is 0.542. The lowest BCUT2D eigenvalue weighted by molar-refractivity contribution is -0.226. The van der Waals surface area contributed by atoms with Crippen molar-refractivity contribution in [3.8, 4) is 0 Å². The van der Waals surface area contributed by atoms with E-state index in [1.165, 1.54) is 12.2 Å². The number of carbonyl (C=O) groups is 3. The second-order valence-corrected chi connectivity index (χ2v) is 12.1. The van der Waals surface area contributed by atoms with Crippen molar-refractivity contribution in [2.24, 2.45) is 34.5 Å². The van der Waals surface area contributed by atoms with E-state index in [-0.39, 0.29) is 47.2 Å². The Labute approximate surface area is 207 Å². The molecule has 0 aromatic rings. The van der Waals surface area contributed by atoms with Crippen LogP contribution in [0.2, 0.25) is 0 Å². The molecule has 6 rings (SSSR count). The van der Waals surface area contributed by atoms with Gasteiger partial charge >= 0.3 is 5.97 Å². The Morgan fingerprint density at radius 2 is 1.80 bits per heavy atom. The maximum Gasteiger partial charge on any atom is 0.334 e. The molecule has 0 bridgehead atoms. The zero-order chi connectivity index (χ0) is 24.9. The summed E-state index contributed by atoms with van der Waals surface area (Å²) in [6, 6.07) is 0. The molecule has 2 aliphatic heterocycles. The van der Waals surface area contributed by atoms with Crippen molar-refractivity contribution in [3.63, 3.8) is 0 Å². The van der Waals surface area contributed by atoms with E-state index in [2.05, 4.69) is 6.92 Å². The van der Waals surface area contributed by atoms with Crippen LogP contribution in [0.3, 0.4) is 0 Å². The van der Waals surface area contributed by atoms with Gasteiger partial charge in [-0.1, -0.05) is 11.6 Å². The van der Waals surface area contributed by atoms with Crippen molar-refractivity contribution >= 4 is 17.5 Å². The number of cyclic esters (lactones) is 1. The number of ether oxygens (including phenoxy) is 3. The van der Waals surface area contributed by atoms with E-state index in [0.717, 1.165) is 37.7 Å². The maximum absolute atomic E-state index is 13.2. The highest BCUT2D eigenvalue weighted by atomic mass is 16.7. The lowest BCUT2D eigenvalue weighted by Crippen LogP contribution is -2.56. The Bertz CT molecular complexity index is 1110. The summed E-state index contributed by atoms with van der Waals surface area (Å²) >= 11 is 0. The van der Waals surface area contributed by atoms with Gasteiger partial charge in [-0.15, -0.1) is 0 Å². The summed E-state index contributed by atoms with van der Waals surface area (Å²) in [4.78, 5) is 38.5. The summed E-state index contributed by atoms with van der Waals surface area (Å²) in [5.74, 6) is 0.777. The number of methoxy groups -OCH3 is 1. The van der Waals surface area contributed by atoms with Crippen LogP contribution in [0.4, 0.5) is 0 Å². The van der Waals surface area contributed by atoms with E-state index in [0.29, 0.717) is 29.4 Å². The molecule has 0 amide bonds. The normalized spacial score (nSPS) is 48.7. The van der Waals surface area contributed by atoms with Gasteiger partial charge in [-0.2, -0.15) is 0 Å². The molecule has 2 heterocycles. The number of ketones is 2. The van der Waals surface area contributed by atoms with E-state index in [1.54, 1.807) is 7.11 Å². The van der Waals surface area contributed by atoms with Crippen molar-refractivity contribution in [2.75, 3.05) is 7.11 Å². The van der Waals surface area contributed by atoms with Crippen LogP contribution in [0.25, 0.3) is 0 Å². The van der Waals surface area contributed by atoms with Gasteiger partial charge in [0.1, 0.15) is 11.7 Å². The number of carbonyl (C=O) groups excluding carboxylic acids is 3. The fourth-order valence-electron chi connectivity index (χ4n) is 9.26. The van der Waals surface area contributed by atoms with E-state index in [4.69, 9.17) is 14.2 Å². The first kappa shape index (κ1) is 23.4. The molecule has 6 aliphatic rings. The number of rotatable bonds is 2. The molecule has 6 heteroatoms. The molecule has 0 radical (unpaired) electrons. The second-order valence-electron chi connectivity index (χ2n) is 12.1. The van der Waals surface area contributed by atoms with Gasteiger partial charge in [0.25, 0.3) is 0 Å². The molecule has 188 valence electrons. The third-order valence-corrected chi connectivity index (χ3v) is 11.1. The van der Waals surface area contributed by atoms with Gasteiger partial charge < -0.3 is 14.2 Å². The van der Waals surface area contributed by atoms with E-state index in [1.807, 2.05) is 26.8 Å². The zero-order valence-electron chi connectivity index (χ0n) is 21.4. The van der Waals surface area contributed by atoms with Crippen molar-refractivity contribution in [3.05, 3.63) is 34.9 Å². The molecule has 0 N–H and O–H groups in total. The van der Waals surface area contributed by atoms with Crippen molar-refractivity contribution < 1.29 is 28.6 Å². The summed E-state index contributed by atoms with van der Waals surface area (Å²) in [6.07, 6.45) is 9.54. The topological polar surface area (TPSA) is 78.9 Å². The van der Waals surface area contributed by atoms with Crippen molar-refractivity contribution in [1.29, 1.82) is 0 Å². The molecule has 1 saturated heterocycles. The standard InChI is InChI=1S/C29H36O6/c1-15-14-24(34-25(32)16(15)2)28(4)22-10-8-19-17-6-7-20-21(30)9-11-23(31)27(20,3)18(17)12-13-29(19,22)26(33-5)35-28/h7,9,11,17-19,22,24,26H,6,8,10,12-14H2,1-5H3/t17-,18+,19+,22-,24?,26-,27-,28-,29-/m1/s1. The first-order valence-corrected chi connectivity index (χ1v) is 13.1. The van der Waals surface area contributed by atoms with Crippen molar-refractivity contribution in [1.82, 2.24) is 0 Å². The molecule has 4 aliphatic carbocycles. The molecule has 1 unspecified atom stereocenters. The highest BCUT2D eigenvalue weighted by Crippen LogP contribution is 2.72. The first-order chi connectivity index (χ1) is 16.6. The summed E-state index contributed by atoms with van der Waals surface area (Å²) in [6.45, 7) is 7.95. The summed E-state index contributed by atoms with van der Waals surface area (Å²) in [5, 5.41) is 0. The average Bonchev–Trinajstić information content (AvgIpc) is 3.34. The van der Waals surface area contributed by atoms with Crippen LogP contribution in [0, 0.1) is 34.5 Å². The minimum absolute atomic E-state index is 0.0143. The molecular weight excluding hydrogens is 444 g/mol. The second kappa shape index (κ2) is 7.48. The smallest absolute Gasteiger partial charge is 0.334 e. The van der Waals surface area contributed by atoms with Crippen LogP contribution in [-0.4, -0.2) is 42.6 Å². The van der Waals surface area contributed by atoms with Crippen LogP contribution in [0.5, 0.6) is 0 Å². The van der Waals surface area contributed by atoms with Gasteiger partial charge in [0.2, 0.25) is 0 Å². The summed E-state index contributed by atoms with van der Waals surface area (Å²) in [7, 11) is 1.72. The van der Waals surface area contributed by atoms with Crippen LogP contribution in [0.15, 0.2) is 34.9 Å². The van der Waals surface area contributed by atoms with Gasteiger partial charge in [-0.3, -0.25) is 9.59 Å². The number of allylic oxidation sites excluding steroid dienone is 4. The molecule has 1 spiro atoms. The van der Waals surface area contributed by atoms with Gasteiger partial charge in [0, 0.05) is 36.0 Å². The van der Waals surface area contributed by atoms with Crippen LogP contribution >= 0.6 is 0 Å². The number of esters is 1. The Kier molecular flexibility index (Phi) is 4.99. The first-order valence-electron chi connectivity index (χ1n) is 13.1. The van der Waals surface area contributed by atoms with E-state index < -0.39 is 11.0 Å². The Morgan fingerprint density at radius 1 is 1.03 bits per heavy atom. The van der Waals surface area contributed by atoms with Crippen LogP contribution < -0.4 is 0 Å². The molecule has 9 atom stereocenters. The zero-order valence-corrected chi connectivity index (χ0v) is 21.4. The minimum Gasteiger partial charge on any atom is -0.456 e. The molecule has 3 fully saturated rings. The number of hydrogen-bond donors (Lipinski definition) is 0. The number of fused-ring (bicyclic) bond motifs is 4. The van der Waals surface area contributed by atoms with Gasteiger partial charge in [0.15, 0.2) is 17.9 Å². The molecule has 0 aromatic carbocycles. The van der Waals surface area contributed by atoms with E-state index in [9.17, 15) is 14.4 Å². The Hall–Kier alpha value is -2.05. The Balaban J connectivity index is 1.38. The molecule has 35 heavy (non-hydrogen) atoms. The number of hydrogen-bond acceptors (Lipinski definition) is 6. The van der Waals surface area contributed by atoms with Crippen LogP contribution in [0.1, 0.15) is 66.2 Å². The lowest BCUT2D eigenvalue weighted by atomic mass is 9.47. The summed E-state index contributed by atoms with van der Waals surface area (Å²) in [5.41, 5.74) is 0.914. The van der Waals surface area contributed by atoms with Gasteiger partial charge in [-0.05, 0) is 89.7 Å². The molecule has 0 aromatic heterocycles. The highest BCUT2D eigenvalue weighted by molar-refractivity contribution is 6.18. The fraction of sp³-hybridized carbons (Fsp3) is 0.690. The average molecular weight is 481 g/mol. The predicted molar refractivity (Wildman–Crippen MR) is 128 cm³/mol.